The summed E-state index contributed by atoms with van der Waals surface area (Å²) in [5.74, 6) is -0.490. The van der Waals surface area contributed by atoms with E-state index >= 15 is 0 Å². The van der Waals surface area contributed by atoms with Crippen LogP contribution in [0.2, 0.25) is 0 Å². The van der Waals surface area contributed by atoms with Crippen LogP contribution in [0.4, 0.5) is 13.2 Å². The predicted molar refractivity (Wildman–Crippen MR) is 50.5 cm³/mol. The van der Waals surface area contributed by atoms with Gasteiger partial charge in [-0.1, -0.05) is 0 Å². The highest BCUT2D eigenvalue weighted by molar-refractivity contribution is 5.70. The molecule has 96 valence electrons. The van der Waals surface area contributed by atoms with E-state index in [4.69, 9.17) is 4.74 Å². The number of hydrogen-bond donors (Lipinski definition) is 1. The zero-order valence-corrected chi connectivity index (χ0v) is 9.48. The molecular weight excluding hydrogens is 227 g/mol. The molecule has 0 aromatic carbocycles. The van der Waals surface area contributed by atoms with E-state index in [1.54, 1.807) is 20.8 Å². The number of hydrogen-bond acceptors (Lipinski definition) is 4. The number of carbonyl (C=O) groups excluding carboxylic acids is 1. The van der Waals surface area contributed by atoms with Crippen molar-refractivity contribution >= 4 is 5.97 Å². The van der Waals surface area contributed by atoms with Gasteiger partial charge >= 0.3 is 12.1 Å². The van der Waals surface area contributed by atoms with Crippen LogP contribution in [0.25, 0.3) is 0 Å². The third kappa shape index (κ3) is 11.3. The average molecular weight is 243 g/mol. The Balaban J connectivity index is 3.50. The van der Waals surface area contributed by atoms with Crippen LogP contribution in [0.5, 0.6) is 0 Å². The molecule has 0 aromatic heterocycles. The Morgan fingerprint density at radius 1 is 1.25 bits per heavy atom. The average Bonchev–Trinajstić information content (AvgIpc) is 1.97. The largest absolute Gasteiger partial charge is 0.460 e. The lowest BCUT2D eigenvalue weighted by atomic mass is 10.2. The van der Waals surface area contributed by atoms with Gasteiger partial charge in [0.1, 0.15) is 5.60 Å². The molecular formula is C9H16F3NO3. The maximum absolute atomic E-state index is 11.6. The van der Waals surface area contributed by atoms with Crippen molar-refractivity contribution in [3.63, 3.8) is 0 Å². The molecule has 0 aliphatic carbocycles. The van der Waals surface area contributed by atoms with Gasteiger partial charge in [-0.2, -0.15) is 13.2 Å². The van der Waals surface area contributed by atoms with E-state index in [0.717, 1.165) is 0 Å². The van der Waals surface area contributed by atoms with Gasteiger partial charge in [0.05, 0.1) is 6.42 Å². The van der Waals surface area contributed by atoms with Crippen molar-refractivity contribution in [2.45, 2.75) is 39.0 Å². The summed E-state index contributed by atoms with van der Waals surface area (Å²) < 4.78 is 39.8. The minimum Gasteiger partial charge on any atom is -0.460 e. The molecule has 0 saturated carbocycles. The topological polar surface area (TPSA) is 47.6 Å². The summed E-state index contributed by atoms with van der Waals surface area (Å²) in [6.07, 6.45) is -4.42. The molecule has 0 radical (unpaired) electrons. The number of carbonyl (C=O) groups is 1. The van der Waals surface area contributed by atoms with E-state index in [-0.39, 0.29) is 13.0 Å². The minimum absolute atomic E-state index is 0.0228. The van der Waals surface area contributed by atoms with Crippen molar-refractivity contribution < 1.29 is 27.5 Å². The van der Waals surface area contributed by atoms with Crippen molar-refractivity contribution in [1.82, 2.24) is 5.48 Å². The van der Waals surface area contributed by atoms with Crippen LogP contribution in [-0.2, 0) is 14.4 Å². The highest BCUT2D eigenvalue weighted by Gasteiger charge is 2.27. The molecule has 0 aliphatic heterocycles. The van der Waals surface area contributed by atoms with E-state index in [1.807, 2.05) is 5.48 Å². The van der Waals surface area contributed by atoms with Crippen molar-refractivity contribution in [3.05, 3.63) is 0 Å². The smallest absolute Gasteiger partial charge is 0.413 e. The van der Waals surface area contributed by atoms with E-state index in [1.165, 1.54) is 0 Å². The molecule has 0 amide bonds. The zero-order chi connectivity index (χ0) is 12.8. The fraction of sp³-hybridized carbons (Fsp3) is 0.889. The second kappa shape index (κ2) is 6.05. The molecule has 0 aromatic rings. The molecule has 1 N–H and O–H groups in total. The van der Waals surface area contributed by atoms with Crippen LogP contribution in [0, 0.1) is 0 Å². The first-order valence-corrected chi connectivity index (χ1v) is 4.73. The fourth-order valence-electron chi connectivity index (χ4n) is 0.751. The summed E-state index contributed by atoms with van der Waals surface area (Å²) in [7, 11) is 0. The van der Waals surface area contributed by atoms with E-state index in [2.05, 4.69) is 4.84 Å². The molecule has 0 fully saturated rings. The summed E-state index contributed by atoms with van der Waals surface area (Å²) in [6.45, 7) is 3.71. The first kappa shape index (κ1) is 15.2. The Morgan fingerprint density at radius 3 is 2.25 bits per heavy atom. The molecule has 0 aliphatic rings. The second-order valence-electron chi connectivity index (χ2n) is 4.13. The monoisotopic (exact) mass is 243 g/mol. The fourth-order valence-corrected chi connectivity index (χ4v) is 0.751. The molecule has 4 nitrogen and oxygen atoms in total. The summed E-state index contributed by atoms with van der Waals surface area (Å²) in [4.78, 5) is 15.2. The number of alkyl halides is 3. The molecule has 0 bridgehead atoms. The van der Waals surface area contributed by atoms with E-state index in [9.17, 15) is 18.0 Å². The Kier molecular flexibility index (Phi) is 5.74. The van der Waals surface area contributed by atoms with Crippen LogP contribution in [-0.4, -0.2) is 30.9 Å². The summed E-state index contributed by atoms with van der Waals surface area (Å²) in [5.41, 5.74) is 1.44. The SMILES string of the molecule is CC(C)(C)OC(=O)CCNOCC(F)(F)F. The van der Waals surface area contributed by atoms with E-state index in [0.29, 0.717) is 0 Å². The molecule has 0 spiro atoms. The normalized spacial score (nSPS) is 12.6. The number of rotatable bonds is 5. The Labute approximate surface area is 92.0 Å². The Hall–Kier alpha value is -0.820. The van der Waals surface area contributed by atoms with Crippen LogP contribution in [0.1, 0.15) is 27.2 Å². The van der Waals surface area contributed by atoms with Crippen molar-refractivity contribution in [2.24, 2.45) is 0 Å². The van der Waals surface area contributed by atoms with Gasteiger partial charge in [-0.05, 0) is 20.8 Å². The molecule has 0 rings (SSSR count). The molecule has 7 heteroatoms. The Morgan fingerprint density at radius 2 is 1.81 bits per heavy atom. The lowest BCUT2D eigenvalue weighted by Crippen LogP contribution is -2.29. The molecule has 0 saturated heterocycles. The van der Waals surface area contributed by atoms with Crippen LogP contribution >= 0.6 is 0 Å². The van der Waals surface area contributed by atoms with Gasteiger partial charge in [0.2, 0.25) is 0 Å². The third-order valence-electron chi connectivity index (χ3n) is 1.19. The first-order valence-electron chi connectivity index (χ1n) is 4.73. The van der Waals surface area contributed by atoms with Gasteiger partial charge in [0, 0.05) is 6.54 Å². The highest BCUT2D eigenvalue weighted by atomic mass is 19.4. The van der Waals surface area contributed by atoms with Gasteiger partial charge in [-0.25, -0.2) is 5.48 Å². The van der Waals surface area contributed by atoms with E-state index < -0.39 is 24.4 Å². The predicted octanol–water partition coefficient (Wildman–Crippen LogP) is 1.80. The summed E-state index contributed by atoms with van der Waals surface area (Å²) >= 11 is 0. The number of hydroxylamine groups is 1. The van der Waals surface area contributed by atoms with Crippen LogP contribution in [0.3, 0.4) is 0 Å². The molecule has 0 atom stereocenters. The second-order valence-corrected chi connectivity index (χ2v) is 4.13. The third-order valence-corrected chi connectivity index (χ3v) is 1.19. The van der Waals surface area contributed by atoms with Crippen molar-refractivity contribution in [3.8, 4) is 0 Å². The first-order chi connectivity index (χ1) is 7.10. The van der Waals surface area contributed by atoms with Gasteiger partial charge in [0.15, 0.2) is 6.61 Å². The maximum Gasteiger partial charge on any atom is 0.413 e. The lowest BCUT2D eigenvalue weighted by molar-refractivity contribution is -0.189. The van der Waals surface area contributed by atoms with Gasteiger partial charge in [-0.3, -0.25) is 9.63 Å². The molecule has 16 heavy (non-hydrogen) atoms. The highest BCUT2D eigenvalue weighted by Crippen LogP contribution is 2.13. The van der Waals surface area contributed by atoms with Crippen molar-refractivity contribution in [2.75, 3.05) is 13.2 Å². The van der Waals surface area contributed by atoms with Gasteiger partial charge in [0.25, 0.3) is 0 Å². The molecule has 0 unspecified atom stereocenters. The Bertz CT molecular complexity index is 223. The summed E-state index contributed by atoms with van der Waals surface area (Å²) in [5, 5.41) is 0. The van der Waals surface area contributed by atoms with Crippen molar-refractivity contribution in [1.29, 1.82) is 0 Å². The zero-order valence-electron chi connectivity index (χ0n) is 9.48. The standard InChI is InChI=1S/C9H16F3NO3/c1-8(2,3)16-7(14)4-5-13-15-6-9(10,11)12/h13H,4-6H2,1-3H3. The van der Waals surface area contributed by atoms with Gasteiger partial charge in [-0.15, -0.1) is 0 Å². The number of halogens is 3. The maximum atomic E-state index is 11.6. The lowest BCUT2D eigenvalue weighted by Gasteiger charge is -2.19. The number of nitrogens with one attached hydrogen (secondary N) is 1. The minimum atomic E-state index is -4.38. The van der Waals surface area contributed by atoms with Gasteiger partial charge < -0.3 is 4.74 Å². The van der Waals surface area contributed by atoms with Crippen LogP contribution < -0.4 is 5.48 Å². The summed E-state index contributed by atoms with van der Waals surface area (Å²) in [6, 6.07) is 0. The number of ether oxygens (including phenoxy) is 1. The quantitative estimate of drug-likeness (QED) is 0.454. The van der Waals surface area contributed by atoms with Crippen LogP contribution in [0.15, 0.2) is 0 Å². The molecule has 0 heterocycles. The number of esters is 1.